The highest BCUT2D eigenvalue weighted by molar-refractivity contribution is 5.92. The number of nitrogens with one attached hydrogen (secondary N) is 1. The lowest BCUT2D eigenvalue weighted by molar-refractivity contribution is 0.100. The number of hydrogen-bond acceptors (Lipinski definition) is 3. The van der Waals surface area contributed by atoms with Crippen LogP contribution in [0.4, 0.5) is 0 Å². The predicted molar refractivity (Wildman–Crippen MR) is 83.6 cm³/mol. The van der Waals surface area contributed by atoms with Crippen LogP contribution >= 0.6 is 0 Å². The van der Waals surface area contributed by atoms with E-state index in [1.54, 1.807) is 24.3 Å². The Morgan fingerprint density at radius 2 is 1.86 bits per heavy atom. The third-order valence-electron chi connectivity index (χ3n) is 3.26. The minimum Gasteiger partial charge on any atom is -0.457 e. The van der Waals surface area contributed by atoms with E-state index in [4.69, 9.17) is 10.5 Å². The molecule has 4 nitrogen and oxygen atoms in total. The summed E-state index contributed by atoms with van der Waals surface area (Å²) in [5.74, 6) is 1.04. The van der Waals surface area contributed by atoms with Crippen molar-refractivity contribution in [2.75, 3.05) is 6.54 Å². The van der Waals surface area contributed by atoms with E-state index in [1.165, 1.54) is 0 Å². The summed E-state index contributed by atoms with van der Waals surface area (Å²) in [7, 11) is 0. The second-order valence-electron chi connectivity index (χ2n) is 4.81. The Hall–Kier alpha value is -2.33. The van der Waals surface area contributed by atoms with Gasteiger partial charge in [0.2, 0.25) is 5.91 Å². The zero-order valence-corrected chi connectivity index (χ0v) is 12.3. The normalized spacial score (nSPS) is 11.9. The van der Waals surface area contributed by atoms with E-state index in [1.807, 2.05) is 24.3 Å². The molecule has 0 aromatic heterocycles. The molecular formula is C17H20N2O2. The summed E-state index contributed by atoms with van der Waals surface area (Å²) in [6, 6.07) is 14.9. The molecule has 0 saturated heterocycles. The van der Waals surface area contributed by atoms with Crippen LogP contribution in [0.15, 0.2) is 48.5 Å². The minimum atomic E-state index is -0.442. The highest BCUT2D eigenvalue weighted by atomic mass is 16.5. The molecule has 0 aliphatic carbocycles. The number of nitrogens with two attached hydrogens (primary N) is 1. The Morgan fingerprint density at radius 1 is 1.19 bits per heavy atom. The third-order valence-corrected chi connectivity index (χ3v) is 3.26. The molecule has 1 unspecified atom stereocenters. The van der Waals surface area contributed by atoms with Crippen LogP contribution < -0.4 is 15.8 Å². The van der Waals surface area contributed by atoms with Gasteiger partial charge in [-0.2, -0.15) is 0 Å². The highest BCUT2D eigenvalue weighted by Gasteiger charge is 2.11. The molecule has 4 heteroatoms. The summed E-state index contributed by atoms with van der Waals surface area (Å²) < 4.78 is 5.92. The molecule has 0 fully saturated rings. The van der Waals surface area contributed by atoms with Gasteiger partial charge in [0, 0.05) is 17.2 Å². The summed E-state index contributed by atoms with van der Waals surface area (Å²) in [5, 5.41) is 3.37. The first kappa shape index (κ1) is 15.1. The van der Waals surface area contributed by atoms with Crippen LogP contribution in [0, 0.1) is 0 Å². The third kappa shape index (κ3) is 3.83. The number of hydrogen-bond donors (Lipinski definition) is 2. The quantitative estimate of drug-likeness (QED) is 0.855. The summed E-state index contributed by atoms with van der Waals surface area (Å²) in [4.78, 5) is 11.1. The largest absolute Gasteiger partial charge is 0.457 e. The predicted octanol–water partition coefficient (Wildman–Crippen LogP) is 3.25. The van der Waals surface area contributed by atoms with Crippen molar-refractivity contribution in [3.8, 4) is 11.5 Å². The highest BCUT2D eigenvalue weighted by Crippen LogP contribution is 2.29. The second-order valence-corrected chi connectivity index (χ2v) is 4.81. The number of primary amides is 1. The van der Waals surface area contributed by atoms with Crippen LogP contribution in [-0.4, -0.2) is 12.5 Å². The number of ether oxygens (including phenoxy) is 1. The molecule has 3 N–H and O–H groups in total. The van der Waals surface area contributed by atoms with Crippen LogP contribution in [0.5, 0.6) is 11.5 Å². The fourth-order valence-corrected chi connectivity index (χ4v) is 2.16. The SMILES string of the molecule is CCNC(C)c1ccccc1Oc1ccc(C(N)=O)cc1. The molecule has 0 bridgehead atoms. The minimum absolute atomic E-state index is 0.205. The van der Waals surface area contributed by atoms with Crippen LogP contribution in [-0.2, 0) is 0 Å². The van der Waals surface area contributed by atoms with Gasteiger partial charge in [0.1, 0.15) is 11.5 Å². The Kier molecular flexibility index (Phi) is 4.95. The average Bonchev–Trinajstić information content (AvgIpc) is 2.48. The van der Waals surface area contributed by atoms with Gasteiger partial charge in [-0.1, -0.05) is 25.1 Å². The molecule has 2 aromatic carbocycles. The van der Waals surface area contributed by atoms with Crippen molar-refractivity contribution in [1.29, 1.82) is 0 Å². The zero-order valence-electron chi connectivity index (χ0n) is 12.3. The van der Waals surface area contributed by atoms with Gasteiger partial charge < -0.3 is 15.8 Å². The van der Waals surface area contributed by atoms with Crippen molar-refractivity contribution in [3.05, 3.63) is 59.7 Å². The van der Waals surface area contributed by atoms with Gasteiger partial charge in [0.05, 0.1) is 0 Å². The van der Waals surface area contributed by atoms with Gasteiger partial charge in [-0.05, 0) is 43.8 Å². The fourth-order valence-electron chi connectivity index (χ4n) is 2.16. The molecule has 2 rings (SSSR count). The van der Waals surface area contributed by atoms with E-state index in [-0.39, 0.29) is 6.04 Å². The summed E-state index contributed by atoms with van der Waals surface area (Å²) >= 11 is 0. The molecular weight excluding hydrogens is 264 g/mol. The molecule has 110 valence electrons. The second kappa shape index (κ2) is 6.90. The summed E-state index contributed by atoms with van der Waals surface area (Å²) in [6.45, 7) is 5.06. The van der Waals surface area contributed by atoms with E-state index >= 15 is 0 Å². The molecule has 0 heterocycles. The van der Waals surface area contributed by atoms with Crippen molar-refractivity contribution in [3.63, 3.8) is 0 Å². The fraction of sp³-hybridized carbons (Fsp3) is 0.235. The smallest absolute Gasteiger partial charge is 0.248 e. The van der Waals surface area contributed by atoms with Gasteiger partial charge in [-0.15, -0.1) is 0 Å². The Labute approximate surface area is 124 Å². The van der Waals surface area contributed by atoms with Crippen molar-refractivity contribution in [1.82, 2.24) is 5.32 Å². The van der Waals surface area contributed by atoms with E-state index in [0.717, 1.165) is 17.9 Å². The molecule has 0 aliphatic heterocycles. The van der Waals surface area contributed by atoms with Gasteiger partial charge in [-0.3, -0.25) is 4.79 Å². The van der Waals surface area contributed by atoms with Gasteiger partial charge in [0.25, 0.3) is 0 Å². The van der Waals surface area contributed by atoms with Crippen LogP contribution in [0.25, 0.3) is 0 Å². The molecule has 0 saturated carbocycles. The van der Waals surface area contributed by atoms with Crippen molar-refractivity contribution in [2.45, 2.75) is 19.9 Å². The monoisotopic (exact) mass is 284 g/mol. The van der Waals surface area contributed by atoms with E-state index in [2.05, 4.69) is 19.2 Å². The van der Waals surface area contributed by atoms with Gasteiger partial charge in [-0.25, -0.2) is 0 Å². The lowest BCUT2D eigenvalue weighted by Crippen LogP contribution is -2.18. The standard InChI is InChI=1S/C17H20N2O2/c1-3-19-12(2)15-6-4-5-7-16(15)21-14-10-8-13(9-11-14)17(18)20/h4-12,19H,3H2,1-2H3,(H2,18,20). The number of carbonyl (C=O) groups excluding carboxylic acids is 1. The van der Waals surface area contributed by atoms with Gasteiger partial charge >= 0.3 is 0 Å². The maximum absolute atomic E-state index is 11.1. The van der Waals surface area contributed by atoms with Crippen LogP contribution in [0.1, 0.15) is 35.8 Å². The van der Waals surface area contributed by atoms with E-state index < -0.39 is 5.91 Å². The molecule has 21 heavy (non-hydrogen) atoms. The van der Waals surface area contributed by atoms with Crippen molar-refractivity contribution >= 4 is 5.91 Å². The maximum atomic E-state index is 11.1. The van der Waals surface area contributed by atoms with Crippen LogP contribution in [0.2, 0.25) is 0 Å². The number of para-hydroxylation sites is 1. The Bertz CT molecular complexity index is 608. The lowest BCUT2D eigenvalue weighted by atomic mass is 10.1. The summed E-state index contributed by atoms with van der Waals surface area (Å²) in [6.07, 6.45) is 0. The van der Waals surface area contributed by atoms with E-state index in [0.29, 0.717) is 11.3 Å². The molecule has 0 spiro atoms. The topological polar surface area (TPSA) is 64.3 Å². The molecule has 0 aliphatic rings. The number of amides is 1. The first-order valence-corrected chi connectivity index (χ1v) is 7.02. The van der Waals surface area contributed by atoms with Gasteiger partial charge in [0.15, 0.2) is 0 Å². The molecule has 1 amide bonds. The maximum Gasteiger partial charge on any atom is 0.248 e. The van der Waals surface area contributed by atoms with Crippen molar-refractivity contribution < 1.29 is 9.53 Å². The van der Waals surface area contributed by atoms with Crippen molar-refractivity contribution in [2.24, 2.45) is 5.73 Å². The first-order chi connectivity index (χ1) is 10.1. The lowest BCUT2D eigenvalue weighted by Gasteiger charge is -2.17. The molecule has 0 radical (unpaired) electrons. The first-order valence-electron chi connectivity index (χ1n) is 7.02. The van der Waals surface area contributed by atoms with E-state index in [9.17, 15) is 4.79 Å². The Balaban J connectivity index is 2.21. The zero-order chi connectivity index (χ0) is 15.2. The molecule has 1 atom stereocenters. The number of rotatable bonds is 6. The molecule has 2 aromatic rings. The summed E-state index contributed by atoms with van der Waals surface area (Å²) in [5.41, 5.74) is 6.79. The Morgan fingerprint density at radius 3 is 2.48 bits per heavy atom. The average molecular weight is 284 g/mol. The number of carbonyl (C=O) groups is 1. The number of benzene rings is 2. The van der Waals surface area contributed by atoms with Crippen LogP contribution in [0.3, 0.4) is 0 Å².